The van der Waals surface area contributed by atoms with E-state index in [0.717, 1.165) is 24.3 Å². The number of rotatable bonds is 4. The highest BCUT2D eigenvalue weighted by atomic mass is 16.5. The Kier molecular flexibility index (Phi) is 4.30. The average molecular weight is 187 g/mol. The van der Waals surface area contributed by atoms with E-state index in [1.807, 2.05) is 30.3 Å². The first-order chi connectivity index (χ1) is 6.86. The molecule has 0 fully saturated rings. The Balaban J connectivity index is 2.69. The molecule has 0 spiro atoms. The van der Waals surface area contributed by atoms with Gasteiger partial charge in [-0.2, -0.15) is 5.26 Å². The van der Waals surface area contributed by atoms with E-state index in [4.69, 9.17) is 10.00 Å². The number of nitrogens with zero attached hydrogens (tertiary/aromatic N) is 1. The molecule has 72 valence electrons. The van der Waals surface area contributed by atoms with Crippen molar-refractivity contribution in [1.82, 2.24) is 0 Å². The van der Waals surface area contributed by atoms with E-state index in [-0.39, 0.29) is 0 Å². The molecule has 0 N–H and O–H groups in total. The summed E-state index contributed by atoms with van der Waals surface area (Å²) in [7, 11) is 0. The van der Waals surface area contributed by atoms with E-state index in [2.05, 4.69) is 6.92 Å². The lowest BCUT2D eigenvalue weighted by atomic mass is 10.2. The maximum Gasteiger partial charge on any atom is 0.119 e. The number of allylic oxidation sites excluding steroid dienone is 1. The van der Waals surface area contributed by atoms with Gasteiger partial charge in [0.1, 0.15) is 5.75 Å². The van der Waals surface area contributed by atoms with Gasteiger partial charge in [-0.05, 0) is 30.2 Å². The van der Waals surface area contributed by atoms with Crippen LogP contribution < -0.4 is 4.74 Å². The Morgan fingerprint density at radius 3 is 3.07 bits per heavy atom. The first kappa shape index (κ1) is 10.3. The fraction of sp³-hybridized carbons (Fsp3) is 0.250. The molecule has 1 aromatic carbocycles. The molecule has 0 aliphatic carbocycles. The van der Waals surface area contributed by atoms with Crippen LogP contribution in [0.3, 0.4) is 0 Å². The molecule has 1 rings (SSSR count). The van der Waals surface area contributed by atoms with Crippen LogP contribution in [0.4, 0.5) is 0 Å². The second-order valence-corrected chi connectivity index (χ2v) is 2.88. The summed E-state index contributed by atoms with van der Waals surface area (Å²) in [6, 6.07) is 9.65. The van der Waals surface area contributed by atoms with Crippen LogP contribution in [0.2, 0.25) is 0 Å². The van der Waals surface area contributed by atoms with Crippen LogP contribution in [0.1, 0.15) is 18.9 Å². The summed E-state index contributed by atoms with van der Waals surface area (Å²) in [6.45, 7) is 2.80. The van der Waals surface area contributed by atoms with Gasteiger partial charge in [-0.25, -0.2) is 0 Å². The zero-order valence-electron chi connectivity index (χ0n) is 8.23. The summed E-state index contributed by atoms with van der Waals surface area (Å²) >= 11 is 0. The van der Waals surface area contributed by atoms with Crippen LogP contribution in [0.15, 0.2) is 30.3 Å². The molecule has 2 nitrogen and oxygen atoms in total. The molecule has 0 aliphatic rings. The molecule has 0 aromatic heterocycles. The van der Waals surface area contributed by atoms with Crippen LogP contribution in [0.5, 0.6) is 5.75 Å². The smallest absolute Gasteiger partial charge is 0.119 e. The monoisotopic (exact) mass is 187 g/mol. The molecule has 0 bridgehead atoms. The molecule has 0 saturated heterocycles. The summed E-state index contributed by atoms with van der Waals surface area (Å²) in [6.07, 6.45) is 4.22. The van der Waals surface area contributed by atoms with E-state index < -0.39 is 0 Å². The van der Waals surface area contributed by atoms with Gasteiger partial charge < -0.3 is 4.74 Å². The lowest BCUT2D eigenvalue weighted by molar-refractivity contribution is 0.317. The normalized spacial score (nSPS) is 10.0. The van der Waals surface area contributed by atoms with Crippen molar-refractivity contribution in [3.63, 3.8) is 0 Å². The molecule has 1 aromatic rings. The van der Waals surface area contributed by atoms with Crippen molar-refractivity contribution >= 4 is 6.08 Å². The molecule has 0 radical (unpaired) electrons. The molecule has 0 heterocycles. The second kappa shape index (κ2) is 5.82. The molecule has 14 heavy (non-hydrogen) atoms. The SMILES string of the molecule is CCCOc1cccc(/C=C/C#N)c1. The van der Waals surface area contributed by atoms with E-state index in [1.165, 1.54) is 6.08 Å². The van der Waals surface area contributed by atoms with E-state index in [9.17, 15) is 0 Å². The number of hydrogen-bond acceptors (Lipinski definition) is 2. The van der Waals surface area contributed by atoms with Gasteiger partial charge in [-0.3, -0.25) is 0 Å². The zero-order valence-corrected chi connectivity index (χ0v) is 8.23. The van der Waals surface area contributed by atoms with Crippen LogP contribution in [-0.4, -0.2) is 6.61 Å². The number of ether oxygens (including phenoxy) is 1. The third-order valence-corrected chi connectivity index (χ3v) is 1.68. The minimum atomic E-state index is 0.728. The fourth-order valence-corrected chi connectivity index (χ4v) is 1.06. The number of hydrogen-bond donors (Lipinski definition) is 0. The Bertz CT molecular complexity index is 350. The van der Waals surface area contributed by atoms with Crippen molar-refractivity contribution < 1.29 is 4.74 Å². The average Bonchev–Trinajstić information content (AvgIpc) is 2.24. The van der Waals surface area contributed by atoms with Crippen molar-refractivity contribution in [1.29, 1.82) is 5.26 Å². The van der Waals surface area contributed by atoms with Crippen molar-refractivity contribution in [2.45, 2.75) is 13.3 Å². The summed E-state index contributed by atoms with van der Waals surface area (Å²) in [5.41, 5.74) is 0.986. The first-order valence-electron chi connectivity index (χ1n) is 4.66. The number of benzene rings is 1. The van der Waals surface area contributed by atoms with Gasteiger partial charge in [-0.1, -0.05) is 19.1 Å². The molecule has 2 heteroatoms. The molecular weight excluding hydrogens is 174 g/mol. The maximum absolute atomic E-state index is 8.37. The molecule has 0 saturated carbocycles. The third-order valence-electron chi connectivity index (χ3n) is 1.68. The van der Waals surface area contributed by atoms with E-state index in [0.29, 0.717) is 0 Å². The zero-order chi connectivity index (χ0) is 10.2. The van der Waals surface area contributed by atoms with Gasteiger partial charge in [0.05, 0.1) is 12.7 Å². The highest BCUT2D eigenvalue weighted by molar-refractivity contribution is 5.53. The highest BCUT2D eigenvalue weighted by Crippen LogP contribution is 2.14. The molecule has 0 atom stereocenters. The Morgan fingerprint density at radius 2 is 2.36 bits per heavy atom. The molecule has 0 unspecified atom stereocenters. The molecule has 0 aliphatic heterocycles. The van der Waals surface area contributed by atoms with E-state index >= 15 is 0 Å². The lowest BCUT2D eigenvalue weighted by Gasteiger charge is -2.04. The summed E-state index contributed by atoms with van der Waals surface area (Å²) in [4.78, 5) is 0. The maximum atomic E-state index is 8.37. The molecular formula is C12H13NO. The Morgan fingerprint density at radius 1 is 1.50 bits per heavy atom. The van der Waals surface area contributed by atoms with Crippen molar-refractivity contribution in [2.24, 2.45) is 0 Å². The predicted octanol–water partition coefficient (Wildman–Crippen LogP) is 3.01. The largest absolute Gasteiger partial charge is 0.494 e. The third kappa shape index (κ3) is 3.32. The van der Waals surface area contributed by atoms with E-state index in [1.54, 1.807) is 6.08 Å². The van der Waals surface area contributed by atoms with Crippen LogP contribution in [0, 0.1) is 11.3 Å². The van der Waals surface area contributed by atoms with Crippen molar-refractivity contribution in [3.8, 4) is 11.8 Å². The van der Waals surface area contributed by atoms with Gasteiger partial charge >= 0.3 is 0 Å². The Labute approximate surface area is 84.4 Å². The van der Waals surface area contributed by atoms with Gasteiger partial charge in [-0.15, -0.1) is 0 Å². The second-order valence-electron chi connectivity index (χ2n) is 2.88. The summed E-state index contributed by atoms with van der Waals surface area (Å²) in [5, 5.41) is 8.37. The lowest BCUT2D eigenvalue weighted by Crippen LogP contribution is -1.94. The summed E-state index contributed by atoms with van der Waals surface area (Å²) < 4.78 is 5.46. The van der Waals surface area contributed by atoms with Crippen molar-refractivity contribution in [2.75, 3.05) is 6.61 Å². The van der Waals surface area contributed by atoms with Gasteiger partial charge in [0, 0.05) is 6.08 Å². The number of nitriles is 1. The quantitative estimate of drug-likeness (QED) is 0.679. The first-order valence-corrected chi connectivity index (χ1v) is 4.66. The predicted molar refractivity (Wildman–Crippen MR) is 56.9 cm³/mol. The van der Waals surface area contributed by atoms with Gasteiger partial charge in [0.15, 0.2) is 0 Å². The van der Waals surface area contributed by atoms with Crippen molar-refractivity contribution in [3.05, 3.63) is 35.9 Å². The minimum absolute atomic E-state index is 0.728. The summed E-state index contributed by atoms with van der Waals surface area (Å²) in [5.74, 6) is 0.854. The fourth-order valence-electron chi connectivity index (χ4n) is 1.06. The van der Waals surface area contributed by atoms with Gasteiger partial charge in [0.2, 0.25) is 0 Å². The van der Waals surface area contributed by atoms with Crippen LogP contribution in [-0.2, 0) is 0 Å². The van der Waals surface area contributed by atoms with Crippen LogP contribution >= 0.6 is 0 Å². The van der Waals surface area contributed by atoms with Crippen LogP contribution in [0.25, 0.3) is 6.08 Å². The minimum Gasteiger partial charge on any atom is -0.494 e. The molecule has 0 amide bonds. The standard InChI is InChI=1S/C12H13NO/c1-2-9-14-12-7-3-5-11(10-12)6-4-8-13/h3-7,10H,2,9H2,1H3/b6-4+. The highest BCUT2D eigenvalue weighted by Gasteiger charge is 1.92. The topological polar surface area (TPSA) is 33.0 Å². The Hall–Kier alpha value is -1.75. The van der Waals surface area contributed by atoms with Gasteiger partial charge in [0.25, 0.3) is 0 Å².